The van der Waals surface area contributed by atoms with E-state index in [0.717, 1.165) is 12.0 Å². The van der Waals surface area contributed by atoms with Gasteiger partial charge in [0.25, 0.3) is 0 Å². The molecule has 1 fully saturated rings. The minimum Gasteiger partial charge on any atom is -0.459 e. The fourth-order valence-corrected chi connectivity index (χ4v) is 3.00. The lowest BCUT2D eigenvalue weighted by Gasteiger charge is -2.15. The summed E-state index contributed by atoms with van der Waals surface area (Å²) < 4.78 is 11.3. The van der Waals surface area contributed by atoms with E-state index in [2.05, 4.69) is 10.2 Å². The zero-order chi connectivity index (χ0) is 18.0. The molecule has 1 aromatic carbocycles. The van der Waals surface area contributed by atoms with Gasteiger partial charge in [-0.1, -0.05) is 24.6 Å². The quantitative estimate of drug-likeness (QED) is 0.827. The second-order valence-corrected chi connectivity index (χ2v) is 6.37. The van der Waals surface area contributed by atoms with Crippen LogP contribution in [0.4, 0.5) is 5.69 Å². The van der Waals surface area contributed by atoms with Crippen molar-refractivity contribution in [3.8, 4) is 6.07 Å². The number of benzene rings is 1. The van der Waals surface area contributed by atoms with Gasteiger partial charge in [0, 0.05) is 0 Å². The Morgan fingerprint density at radius 1 is 1.48 bits per heavy atom. The monoisotopic (exact) mass is 340 g/mol. The predicted octanol–water partition coefficient (Wildman–Crippen LogP) is 2.50. The molecule has 0 aliphatic carbocycles. The number of aromatic amines is 1. The highest BCUT2D eigenvalue weighted by Crippen LogP contribution is 2.39. The summed E-state index contributed by atoms with van der Waals surface area (Å²) >= 11 is 0. The molecule has 1 aromatic heterocycles. The number of carbonyl (C=O) groups is 1. The fraction of sp³-hybridized carbons (Fsp3) is 0.389. The highest BCUT2D eigenvalue weighted by Gasteiger charge is 2.36. The lowest BCUT2D eigenvalue weighted by Crippen LogP contribution is -2.18. The number of aromatic nitrogens is 2. The van der Waals surface area contributed by atoms with Crippen molar-refractivity contribution in [3.63, 3.8) is 0 Å². The zero-order valence-electron chi connectivity index (χ0n) is 14.2. The molecule has 130 valence electrons. The number of anilines is 1. The van der Waals surface area contributed by atoms with Gasteiger partial charge in [-0.15, -0.1) is 0 Å². The molecule has 0 bridgehead atoms. The van der Waals surface area contributed by atoms with Crippen LogP contribution < -0.4 is 5.73 Å². The standard InChI is InChI=1S/C18H20N4O3/c1-10-3-5-12(6-4-10)18(23)24-9-13-7-11(2)17(25-13)16-15(20)14(8-19)21-22-16/h3-6,11,13,17H,7,9,20H2,1-2H3,(H,21,22)/t11-,13-,17+/m0/s1. The first-order chi connectivity index (χ1) is 12.0. The van der Waals surface area contributed by atoms with Crippen LogP contribution in [-0.2, 0) is 9.47 Å². The van der Waals surface area contributed by atoms with Gasteiger partial charge in [0.15, 0.2) is 5.69 Å². The van der Waals surface area contributed by atoms with Crippen molar-refractivity contribution in [2.24, 2.45) is 5.92 Å². The Hall–Kier alpha value is -2.85. The third kappa shape index (κ3) is 3.49. The molecular formula is C18H20N4O3. The highest BCUT2D eigenvalue weighted by molar-refractivity contribution is 5.89. The van der Waals surface area contributed by atoms with Gasteiger partial charge in [0.2, 0.25) is 0 Å². The summed E-state index contributed by atoms with van der Waals surface area (Å²) in [6, 6.07) is 9.16. The smallest absolute Gasteiger partial charge is 0.338 e. The Morgan fingerprint density at radius 3 is 2.84 bits per heavy atom. The third-order valence-corrected chi connectivity index (χ3v) is 4.40. The van der Waals surface area contributed by atoms with Crippen LogP contribution >= 0.6 is 0 Å². The largest absolute Gasteiger partial charge is 0.459 e. The molecule has 7 heteroatoms. The Labute approximate surface area is 145 Å². The molecule has 0 spiro atoms. The van der Waals surface area contributed by atoms with Crippen LogP contribution in [0, 0.1) is 24.2 Å². The maximum absolute atomic E-state index is 12.1. The van der Waals surface area contributed by atoms with E-state index in [1.54, 1.807) is 12.1 Å². The average molecular weight is 340 g/mol. The van der Waals surface area contributed by atoms with Gasteiger partial charge in [-0.05, 0) is 31.4 Å². The Balaban J connectivity index is 1.60. The topological polar surface area (TPSA) is 114 Å². The van der Waals surface area contributed by atoms with Crippen LogP contribution in [0.25, 0.3) is 0 Å². The number of nitriles is 1. The number of rotatable bonds is 4. The molecule has 7 nitrogen and oxygen atoms in total. The van der Waals surface area contributed by atoms with E-state index in [-0.39, 0.29) is 36.4 Å². The number of nitrogens with zero attached hydrogens (tertiary/aromatic N) is 2. The summed E-state index contributed by atoms with van der Waals surface area (Å²) in [5, 5.41) is 15.6. The molecule has 1 aliphatic rings. The van der Waals surface area contributed by atoms with E-state index in [4.69, 9.17) is 20.5 Å². The molecule has 0 radical (unpaired) electrons. The SMILES string of the molecule is Cc1ccc(C(=O)OC[C@@H]2C[C@H](C)[C@H](c3[nH]nc(C#N)c3N)O2)cc1. The molecule has 3 rings (SSSR count). The molecule has 1 aliphatic heterocycles. The van der Waals surface area contributed by atoms with Gasteiger partial charge in [-0.25, -0.2) is 4.79 Å². The molecule has 3 atom stereocenters. The number of nitrogens with two attached hydrogens (primary N) is 1. The molecule has 25 heavy (non-hydrogen) atoms. The maximum atomic E-state index is 12.1. The van der Waals surface area contributed by atoms with Crippen LogP contribution in [0.15, 0.2) is 24.3 Å². The van der Waals surface area contributed by atoms with Gasteiger partial charge >= 0.3 is 5.97 Å². The first kappa shape index (κ1) is 17.0. The second-order valence-electron chi connectivity index (χ2n) is 6.37. The first-order valence-corrected chi connectivity index (χ1v) is 8.12. The molecular weight excluding hydrogens is 320 g/mol. The van der Waals surface area contributed by atoms with Crippen molar-refractivity contribution in [1.29, 1.82) is 5.26 Å². The maximum Gasteiger partial charge on any atom is 0.338 e. The fourth-order valence-electron chi connectivity index (χ4n) is 3.00. The molecule has 3 N–H and O–H groups in total. The van der Waals surface area contributed by atoms with Gasteiger partial charge in [-0.3, -0.25) is 5.10 Å². The molecule has 0 unspecified atom stereocenters. The van der Waals surface area contributed by atoms with E-state index in [1.807, 2.05) is 32.0 Å². The lowest BCUT2D eigenvalue weighted by molar-refractivity contribution is -0.0125. The van der Waals surface area contributed by atoms with Gasteiger partial charge in [0.05, 0.1) is 23.0 Å². The number of hydrogen-bond donors (Lipinski definition) is 2. The van der Waals surface area contributed by atoms with Crippen LogP contribution in [0.3, 0.4) is 0 Å². The van der Waals surface area contributed by atoms with Crippen LogP contribution in [-0.4, -0.2) is 28.9 Å². The number of ether oxygens (including phenoxy) is 2. The number of nitrogens with one attached hydrogen (secondary N) is 1. The number of nitrogen functional groups attached to an aromatic ring is 1. The summed E-state index contributed by atoms with van der Waals surface area (Å²) in [6.07, 6.45) is 0.215. The Bertz CT molecular complexity index is 807. The zero-order valence-corrected chi connectivity index (χ0v) is 14.2. The van der Waals surface area contributed by atoms with Gasteiger partial charge < -0.3 is 15.2 Å². The van der Waals surface area contributed by atoms with E-state index in [1.165, 1.54) is 0 Å². The second kappa shape index (κ2) is 6.95. The number of carbonyl (C=O) groups excluding carboxylic acids is 1. The lowest BCUT2D eigenvalue weighted by atomic mass is 9.99. The molecule has 2 heterocycles. The molecule has 1 saturated heterocycles. The molecule has 0 saturated carbocycles. The number of H-pyrrole nitrogens is 1. The predicted molar refractivity (Wildman–Crippen MR) is 90.6 cm³/mol. The Morgan fingerprint density at radius 2 is 2.20 bits per heavy atom. The summed E-state index contributed by atoms with van der Waals surface area (Å²) in [5.41, 5.74) is 8.62. The van der Waals surface area contributed by atoms with Crippen molar-refractivity contribution < 1.29 is 14.3 Å². The van der Waals surface area contributed by atoms with E-state index in [9.17, 15) is 4.79 Å². The van der Waals surface area contributed by atoms with Crippen LogP contribution in [0.2, 0.25) is 0 Å². The molecule has 0 amide bonds. The summed E-state index contributed by atoms with van der Waals surface area (Å²) in [4.78, 5) is 12.1. The summed E-state index contributed by atoms with van der Waals surface area (Å²) in [6.45, 7) is 4.16. The molecule has 2 aromatic rings. The van der Waals surface area contributed by atoms with Gasteiger partial charge in [0.1, 0.15) is 18.8 Å². The van der Waals surface area contributed by atoms with Crippen molar-refractivity contribution in [3.05, 3.63) is 46.8 Å². The van der Waals surface area contributed by atoms with Crippen molar-refractivity contribution >= 4 is 11.7 Å². The average Bonchev–Trinajstić information content (AvgIpc) is 3.15. The van der Waals surface area contributed by atoms with Crippen molar-refractivity contribution in [2.75, 3.05) is 12.3 Å². The van der Waals surface area contributed by atoms with E-state index < -0.39 is 0 Å². The minimum atomic E-state index is -0.368. The normalized spacial score (nSPS) is 22.5. The third-order valence-electron chi connectivity index (χ3n) is 4.40. The summed E-state index contributed by atoms with van der Waals surface area (Å²) in [7, 11) is 0. The number of esters is 1. The first-order valence-electron chi connectivity index (χ1n) is 8.12. The highest BCUT2D eigenvalue weighted by atomic mass is 16.6. The van der Waals surface area contributed by atoms with Crippen LogP contribution in [0.1, 0.15) is 46.8 Å². The Kier molecular flexibility index (Phi) is 4.72. The van der Waals surface area contributed by atoms with Gasteiger partial charge in [-0.2, -0.15) is 10.4 Å². The van der Waals surface area contributed by atoms with Crippen molar-refractivity contribution in [2.45, 2.75) is 32.5 Å². The van der Waals surface area contributed by atoms with E-state index >= 15 is 0 Å². The minimum absolute atomic E-state index is 0.164. The number of hydrogen-bond acceptors (Lipinski definition) is 6. The van der Waals surface area contributed by atoms with Crippen LogP contribution in [0.5, 0.6) is 0 Å². The van der Waals surface area contributed by atoms with E-state index in [0.29, 0.717) is 16.9 Å². The van der Waals surface area contributed by atoms with Crippen molar-refractivity contribution in [1.82, 2.24) is 10.2 Å². The summed E-state index contributed by atoms with van der Waals surface area (Å²) in [5.74, 6) is -0.204. The number of aryl methyl sites for hydroxylation is 1.